The van der Waals surface area contributed by atoms with E-state index in [1.165, 1.54) is 0 Å². The highest BCUT2D eigenvalue weighted by Gasteiger charge is 2.24. The maximum atomic E-state index is 12.3. The predicted molar refractivity (Wildman–Crippen MR) is 76.7 cm³/mol. The van der Waals surface area contributed by atoms with E-state index in [0.29, 0.717) is 24.1 Å². The third-order valence-corrected chi connectivity index (χ3v) is 4.99. The topological polar surface area (TPSA) is 101 Å². The van der Waals surface area contributed by atoms with Crippen LogP contribution in [0.5, 0.6) is 0 Å². The zero-order chi connectivity index (χ0) is 14.9. The first kappa shape index (κ1) is 14.8. The van der Waals surface area contributed by atoms with Crippen molar-refractivity contribution in [3.05, 3.63) is 23.3 Å². The molecule has 1 amide bonds. The van der Waals surface area contributed by atoms with E-state index < -0.39 is 10.0 Å². The Morgan fingerprint density at radius 3 is 2.70 bits per heavy atom. The largest absolute Gasteiger partial charge is 0.398 e. The van der Waals surface area contributed by atoms with Crippen LogP contribution in [0.25, 0.3) is 0 Å². The summed E-state index contributed by atoms with van der Waals surface area (Å²) >= 11 is 0. The smallest absolute Gasteiger partial charge is 0.240 e. The highest BCUT2D eigenvalue weighted by Crippen LogP contribution is 2.23. The number of benzene rings is 1. The van der Waals surface area contributed by atoms with Crippen molar-refractivity contribution in [2.75, 3.05) is 12.3 Å². The molecule has 0 aromatic heterocycles. The molecule has 0 radical (unpaired) electrons. The van der Waals surface area contributed by atoms with E-state index in [1.54, 1.807) is 26.0 Å². The number of carbonyl (C=O) groups excluding carboxylic acids is 1. The second-order valence-corrected chi connectivity index (χ2v) is 6.87. The highest BCUT2D eigenvalue weighted by molar-refractivity contribution is 7.89. The third-order valence-electron chi connectivity index (χ3n) is 3.44. The first-order valence-corrected chi connectivity index (χ1v) is 7.93. The van der Waals surface area contributed by atoms with Crippen molar-refractivity contribution in [2.24, 2.45) is 0 Å². The third kappa shape index (κ3) is 3.10. The van der Waals surface area contributed by atoms with Gasteiger partial charge in [0.15, 0.2) is 0 Å². The van der Waals surface area contributed by atoms with Crippen molar-refractivity contribution in [1.29, 1.82) is 0 Å². The molecule has 0 spiro atoms. The summed E-state index contributed by atoms with van der Waals surface area (Å²) in [5, 5.41) is 2.72. The van der Waals surface area contributed by atoms with Crippen LogP contribution in [0.15, 0.2) is 17.0 Å². The molecule has 1 aliphatic heterocycles. The number of amides is 1. The summed E-state index contributed by atoms with van der Waals surface area (Å²) in [5.41, 5.74) is 7.60. The number of anilines is 1. The van der Waals surface area contributed by atoms with Gasteiger partial charge >= 0.3 is 0 Å². The number of carbonyl (C=O) groups is 1. The van der Waals surface area contributed by atoms with Crippen molar-refractivity contribution in [1.82, 2.24) is 10.0 Å². The number of nitrogens with two attached hydrogens (primary N) is 1. The second kappa shape index (κ2) is 5.41. The molecule has 1 aromatic rings. The molecule has 1 atom stereocenters. The van der Waals surface area contributed by atoms with Gasteiger partial charge in [-0.25, -0.2) is 13.1 Å². The molecule has 0 bridgehead atoms. The molecule has 1 saturated heterocycles. The van der Waals surface area contributed by atoms with Gasteiger partial charge in [0.2, 0.25) is 15.9 Å². The molecule has 1 aliphatic rings. The molecule has 2 rings (SSSR count). The minimum absolute atomic E-state index is 0.0369. The summed E-state index contributed by atoms with van der Waals surface area (Å²) in [5.74, 6) is -0.0369. The van der Waals surface area contributed by atoms with E-state index in [-0.39, 0.29) is 23.4 Å². The summed E-state index contributed by atoms with van der Waals surface area (Å²) in [7, 11) is -3.62. The van der Waals surface area contributed by atoms with Crippen LogP contribution in [-0.4, -0.2) is 26.9 Å². The maximum Gasteiger partial charge on any atom is 0.240 e. The van der Waals surface area contributed by atoms with E-state index in [9.17, 15) is 13.2 Å². The summed E-state index contributed by atoms with van der Waals surface area (Å²) in [6, 6.07) is 3.20. The lowest BCUT2D eigenvalue weighted by Crippen LogP contribution is -2.38. The first-order valence-electron chi connectivity index (χ1n) is 6.45. The summed E-state index contributed by atoms with van der Waals surface area (Å²) in [6.07, 6.45) is 1.10. The Morgan fingerprint density at radius 1 is 1.40 bits per heavy atom. The van der Waals surface area contributed by atoms with Crippen molar-refractivity contribution < 1.29 is 13.2 Å². The predicted octanol–water partition coefficient (Wildman–Crippen LogP) is 0.443. The molecule has 20 heavy (non-hydrogen) atoms. The summed E-state index contributed by atoms with van der Waals surface area (Å²) in [4.78, 5) is 11.3. The molecule has 4 N–H and O–H groups in total. The van der Waals surface area contributed by atoms with Gasteiger partial charge in [-0.2, -0.15) is 0 Å². The summed E-state index contributed by atoms with van der Waals surface area (Å²) in [6.45, 7) is 3.67. The van der Waals surface area contributed by atoms with Crippen LogP contribution in [0.3, 0.4) is 0 Å². The SMILES string of the molecule is Cc1cc(N)c(C)c(S(=O)(=O)NCC2CCC(=O)N2)c1. The zero-order valence-corrected chi connectivity index (χ0v) is 12.4. The quantitative estimate of drug-likeness (QED) is 0.702. The average molecular weight is 297 g/mol. The lowest BCUT2D eigenvalue weighted by Gasteiger charge is -2.14. The van der Waals surface area contributed by atoms with Crippen molar-refractivity contribution in [2.45, 2.75) is 37.6 Å². The Kier molecular flexibility index (Phi) is 4.01. The number of nitrogens with one attached hydrogen (secondary N) is 2. The van der Waals surface area contributed by atoms with Gasteiger partial charge in [0.05, 0.1) is 4.90 Å². The molecule has 1 heterocycles. The fourth-order valence-corrected chi connectivity index (χ4v) is 3.69. The van der Waals surface area contributed by atoms with Gasteiger partial charge < -0.3 is 11.1 Å². The molecule has 7 heteroatoms. The Balaban J connectivity index is 2.16. The van der Waals surface area contributed by atoms with Gasteiger partial charge in [-0.1, -0.05) is 0 Å². The fourth-order valence-electron chi connectivity index (χ4n) is 2.25. The molecule has 0 saturated carbocycles. The highest BCUT2D eigenvalue weighted by atomic mass is 32.2. The van der Waals surface area contributed by atoms with Crippen molar-refractivity contribution in [3.8, 4) is 0 Å². The van der Waals surface area contributed by atoms with E-state index in [4.69, 9.17) is 5.73 Å². The second-order valence-electron chi connectivity index (χ2n) is 5.13. The summed E-state index contributed by atoms with van der Waals surface area (Å²) < 4.78 is 27.2. The zero-order valence-electron chi connectivity index (χ0n) is 11.6. The molecule has 0 aliphatic carbocycles. The molecule has 1 aromatic carbocycles. The molecule has 110 valence electrons. The van der Waals surface area contributed by atoms with E-state index in [2.05, 4.69) is 10.0 Å². The molecule has 1 fully saturated rings. The van der Waals surface area contributed by atoms with Crippen LogP contribution in [0.2, 0.25) is 0 Å². The molecule has 6 nitrogen and oxygen atoms in total. The standard InChI is InChI=1S/C13H19N3O3S/c1-8-5-11(14)9(2)12(6-8)20(18,19)15-7-10-3-4-13(17)16-10/h5-6,10,15H,3-4,7,14H2,1-2H3,(H,16,17). The number of rotatable bonds is 4. The van der Waals surface area contributed by atoms with Crippen LogP contribution in [0.4, 0.5) is 5.69 Å². The number of aryl methyl sites for hydroxylation is 1. The van der Waals surface area contributed by atoms with E-state index in [1.807, 2.05) is 0 Å². The van der Waals surface area contributed by atoms with Gasteiger partial charge in [0.25, 0.3) is 0 Å². The maximum absolute atomic E-state index is 12.3. The number of hydrogen-bond donors (Lipinski definition) is 3. The molecular formula is C13H19N3O3S. The van der Waals surface area contributed by atoms with Crippen LogP contribution in [0.1, 0.15) is 24.0 Å². The van der Waals surface area contributed by atoms with Gasteiger partial charge in [0.1, 0.15) is 0 Å². The first-order chi connectivity index (χ1) is 9.29. The number of nitrogen functional groups attached to an aromatic ring is 1. The monoisotopic (exact) mass is 297 g/mol. The van der Waals surface area contributed by atoms with Crippen LogP contribution in [-0.2, 0) is 14.8 Å². The van der Waals surface area contributed by atoms with E-state index in [0.717, 1.165) is 5.56 Å². The van der Waals surface area contributed by atoms with Crippen molar-refractivity contribution in [3.63, 3.8) is 0 Å². The van der Waals surface area contributed by atoms with Gasteiger partial charge in [-0.3, -0.25) is 4.79 Å². The Hall–Kier alpha value is -1.60. The number of hydrogen-bond acceptors (Lipinski definition) is 4. The normalized spacial score (nSPS) is 19.1. The number of sulfonamides is 1. The molecular weight excluding hydrogens is 278 g/mol. The minimum atomic E-state index is -3.62. The Morgan fingerprint density at radius 2 is 2.10 bits per heavy atom. The van der Waals surface area contributed by atoms with Crippen molar-refractivity contribution >= 4 is 21.6 Å². The van der Waals surface area contributed by atoms with Gasteiger partial charge in [-0.05, 0) is 43.5 Å². The lowest BCUT2D eigenvalue weighted by atomic mass is 10.1. The van der Waals surface area contributed by atoms with Gasteiger partial charge in [-0.15, -0.1) is 0 Å². The minimum Gasteiger partial charge on any atom is -0.398 e. The Labute approximate surface area is 118 Å². The van der Waals surface area contributed by atoms with E-state index >= 15 is 0 Å². The van der Waals surface area contributed by atoms with Crippen LogP contribution >= 0.6 is 0 Å². The van der Waals surface area contributed by atoms with Crippen LogP contribution in [0, 0.1) is 13.8 Å². The molecule has 1 unspecified atom stereocenters. The van der Waals surface area contributed by atoms with Crippen LogP contribution < -0.4 is 15.8 Å². The Bertz CT molecular complexity index is 641. The average Bonchev–Trinajstić information content (AvgIpc) is 2.77. The van der Waals surface area contributed by atoms with Gasteiger partial charge in [0, 0.05) is 24.7 Å². The fraction of sp³-hybridized carbons (Fsp3) is 0.462. The lowest BCUT2D eigenvalue weighted by molar-refractivity contribution is -0.119.